The molecule has 0 bridgehead atoms. The first-order valence-electron chi connectivity index (χ1n) is 6.37. The Labute approximate surface area is 108 Å². The predicted molar refractivity (Wildman–Crippen MR) is 74.1 cm³/mol. The van der Waals surface area contributed by atoms with Crippen LogP contribution in [-0.4, -0.2) is 39.1 Å². The monoisotopic (exact) mass is 266 g/mol. The molecule has 0 saturated carbocycles. The van der Waals surface area contributed by atoms with E-state index in [-0.39, 0.29) is 11.8 Å². The van der Waals surface area contributed by atoms with Gasteiger partial charge >= 0.3 is 0 Å². The van der Waals surface area contributed by atoms with Gasteiger partial charge in [-0.1, -0.05) is 6.07 Å². The number of benzene rings is 1. The summed E-state index contributed by atoms with van der Waals surface area (Å²) in [6.45, 7) is 3.53. The number of aryl methyl sites for hydroxylation is 1. The molecule has 2 aliphatic rings. The maximum absolute atomic E-state index is 11.7. The zero-order valence-electron chi connectivity index (χ0n) is 10.5. The van der Waals surface area contributed by atoms with Gasteiger partial charge in [-0.2, -0.15) is 0 Å². The van der Waals surface area contributed by atoms with Crippen molar-refractivity contribution in [3.63, 3.8) is 0 Å². The Morgan fingerprint density at radius 2 is 2.22 bits per heavy atom. The van der Waals surface area contributed by atoms with Gasteiger partial charge in [0, 0.05) is 19.1 Å². The van der Waals surface area contributed by atoms with E-state index in [1.165, 1.54) is 5.56 Å². The fraction of sp³-hybridized carbons (Fsp3) is 0.538. The van der Waals surface area contributed by atoms with Gasteiger partial charge in [0.1, 0.15) is 0 Å². The van der Waals surface area contributed by atoms with Crippen molar-refractivity contribution in [3.05, 3.63) is 23.8 Å². The molecule has 1 N–H and O–H groups in total. The van der Waals surface area contributed by atoms with Gasteiger partial charge in [-0.15, -0.1) is 0 Å². The topological polar surface area (TPSA) is 49.4 Å². The highest BCUT2D eigenvalue weighted by atomic mass is 32.2. The average molecular weight is 266 g/mol. The number of hydrogen-bond donors (Lipinski definition) is 1. The van der Waals surface area contributed by atoms with Crippen molar-refractivity contribution in [2.45, 2.75) is 19.4 Å². The van der Waals surface area contributed by atoms with Crippen LogP contribution in [0.1, 0.15) is 12.0 Å². The van der Waals surface area contributed by atoms with E-state index in [0.717, 1.165) is 24.3 Å². The second-order valence-corrected chi connectivity index (χ2v) is 7.43. The van der Waals surface area contributed by atoms with Crippen LogP contribution in [0.5, 0.6) is 0 Å². The lowest BCUT2D eigenvalue weighted by Crippen LogP contribution is -2.48. The molecule has 1 fully saturated rings. The smallest absolute Gasteiger partial charge is 0.154 e. The summed E-state index contributed by atoms with van der Waals surface area (Å²) < 4.78 is 23.5. The molecule has 1 saturated heterocycles. The molecule has 1 aromatic rings. The van der Waals surface area contributed by atoms with Gasteiger partial charge in [-0.3, -0.25) is 0 Å². The molecule has 18 heavy (non-hydrogen) atoms. The van der Waals surface area contributed by atoms with Crippen LogP contribution < -0.4 is 10.2 Å². The third-order valence-electron chi connectivity index (χ3n) is 3.78. The molecule has 3 rings (SSSR count). The molecule has 1 atom stereocenters. The Kier molecular flexibility index (Phi) is 2.73. The molecule has 1 unspecified atom stereocenters. The minimum Gasteiger partial charge on any atom is -0.383 e. The molecular formula is C13H18N2O2S. The Balaban J connectivity index is 2.00. The fourth-order valence-electron chi connectivity index (χ4n) is 2.86. The van der Waals surface area contributed by atoms with Crippen LogP contribution in [0.15, 0.2) is 18.2 Å². The summed E-state index contributed by atoms with van der Waals surface area (Å²) in [5, 5.41) is 3.41. The van der Waals surface area contributed by atoms with Crippen molar-refractivity contribution in [1.82, 2.24) is 0 Å². The summed E-state index contributed by atoms with van der Waals surface area (Å²) in [6, 6.07) is 6.46. The Morgan fingerprint density at radius 1 is 1.39 bits per heavy atom. The van der Waals surface area contributed by atoms with E-state index in [9.17, 15) is 8.42 Å². The largest absolute Gasteiger partial charge is 0.383 e. The minimum atomic E-state index is -2.85. The van der Waals surface area contributed by atoms with Crippen molar-refractivity contribution in [3.8, 4) is 0 Å². The van der Waals surface area contributed by atoms with Crippen molar-refractivity contribution < 1.29 is 8.42 Å². The van der Waals surface area contributed by atoms with Crippen molar-refractivity contribution in [1.29, 1.82) is 0 Å². The van der Waals surface area contributed by atoms with Gasteiger partial charge in [-0.05, 0) is 31.0 Å². The zero-order valence-corrected chi connectivity index (χ0v) is 11.3. The first-order valence-corrected chi connectivity index (χ1v) is 8.19. The van der Waals surface area contributed by atoms with E-state index >= 15 is 0 Å². The fourth-order valence-corrected chi connectivity index (χ4v) is 4.43. The van der Waals surface area contributed by atoms with Gasteiger partial charge < -0.3 is 10.2 Å². The lowest BCUT2D eigenvalue weighted by atomic mass is 10.1. The van der Waals surface area contributed by atoms with Crippen LogP contribution in [0.25, 0.3) is 0 Å². The van der Waals surface area contributed by atoms with Gasteiger partial charge in [0.25, 0.3) is 0 Å². The van der Waals surface area contributed by atoms with E-state index in [2.05, 4.69) is 35.3 Å². The van der Waals surface area contributed by atoms with Gasteiger partial charge in [0.15, 0.2) is 9.84 Å². The molecule has 1 aromatic carbocycles. The second kappa shape index (κ2) is 4.16. The molecule has 0 radical (unpaired) electrons. The number of rotatable bonds is 0. The van der Waals surface area contributed by atoms with Gasteiger partial charge in [-0.25, -0.2) is 8.42 Å². The Morgan fingerprint density at radius 3 is 3.06 bits per heavy atom. The average Bonchev–Trinajstić information content (AvgIpc) is 2.45. The zero-order chi connectivity index (χ0) is 12.8. The van der Waals surface area contributed by atoms with E-state index in [1.807, 2.05) is 0 Å². The van der Waals surface area contributed by atoms with Crippen LogP contribution >= 0.6 is 0 Å². The highest BCUT2D eigenvalue weighted by Gasteiger charge is 2.33. The summed E-state index contributed by atoms with van der Waals surface area (Å²) in [5.74, 6) is 0.568. The molecule has 0 spiro atoms. The molecule has 2 aliphatic heterocycles. The van der Waals surface area contributed by atoms with Crippen molar-refractivity contribution in [2.24, 2.45) is 0 Å². The first-order chi connectivity index (χ1) is 8.55. The van der Waals surface area contributed by atoms with Gasteiger partial charge in [0.2, 0.25) is 0 Å². The third kappa shape index (κ3) is 2.07. The number of sulfone groups is 1. The number of nitrogens with one attached hydrogen (secondary N) is 1. The van der Waals surface area contributed by atoms with E-state index in [4.69, 9.17) is 0 Å². The third-order valence-corrected chi connectivity index (χ3v) is 5.48. The molecule has 5 heteroatoms. The molecule has 0 amide bonds. The number of hydrogen-bond acceptors (Lipinski definition) is 4. The van der Waals surface area contributed by atoms with Crippen LogP contribution in [0.4, 0.5) is 11.4 Å². The highest BCUT2D eigenvalue weighted by Crippen LogP contribution is 2.33. The standard InChI is InChI=1S/C13H18N2O2S/c1-10-2-3-13-12(8-10)14-5-4-11-9-18(16,17)7-6-15(11)13/h2-3,8,11,14H,4-7,9H2,1H3. The summed E-state index contributed by atoms with van der Waals surface area (Å²) in [4.78, 5) is 2.26. The molecule has 2 heterocycles. The van der Waals surface area contributed by atoms with Gasteiger partial charge in [0.05, 0.1) is 22.9 Å². The first kappa shape index (κ1) is 11.8. The SMILES string of the molecule is Cc1ccc2c(c1)NCCC1CS(=O)(=O)CCN21. The number of fused-ring (bicyclic) bond motifs is 3. The molecule has 98 valence electrons. The normalized spacial score (nSPS) is 25.6. The van der Waals surface area contributed by atoms with Crippen molar-refractivity contribution in [2.75, 3.05) is 34.8 Å². The lowest BCUT2D eigenvalue weighted by Gasteiger charge is -2.36. The Bertz CT molecular complexity index is 568. The highest BCUT2D eigenvalue weighted by molar-refractivity contribution is 7.91. The summed E-state index contributed by atoms with van der Waals surface area (Å²) in [6.07, 6.45) is 0.882. The van der Waals surface area contributed by atoms with E-state index < -0.39 is 9.84 Å². The number of nitrogens with zero attached hydrogens (tertiary/aromatic N) is 1. The van der Waals surface area contributed by atoms with Crippen LogP contribution in [0.2, 0.25) is 0 Å². The predicted octanol–water partition coefficient (Wildman–Crippen LogP) is 1.41. The maximum Gasteiger partial charge on any atom is 0.154 e. The second-order valence-electron chi connectivity index (χ2n) is 5.20. The molecular weight excluding hydrogens is 248 g/mol. The quantitative estimate of drug-likeness (QED) is 0.771. The summed E-state index contributed by atoms with van der Waals surface area (Å²) >= 11 is 0. The van der Waals surface area contributed by atoms with Crippen molar-refractivity contribution >= 4 is 21.2 Å². The minimum absolute atomic E-state index is 0.125. The van der Waals surface area contributed by atoms with E-state index in [1.54, 1.807) is 0 Å². The molecule has 0 aliphatic carbocycles. The van der Waals surface area contributed by atoms with Crippen LogP contribution in [-0.2, 0) is 9.84 Å². The summed E-state index contributed by atoms with van der Waals surface area (Å²) in [5.41, 5.74) is 3.51. The molecule has 0 aromatic heterocycles. The number of anilines is 2. The van der Waals surface area contributed by atoms with Crippen LogP contribution in [0.3, 0.4) is 0 Å². The summed E-state index contributed by atoms with van der Waals surface area (Å²) in [7, 11) is -2.85. The van der Waals surface area contributed by atoms with Crippen LogP contribution in [0, 0.1) is 6.92 Å². The Hall–Kier alpha value is -1.23. The maximum atomic E-state index is 11.7. The van der Waals surface area contributed by atoms with E-state index in [0.29, 0.717) is 12.3 Å². The molecule has 4 nitrogen and oxygen atoms in total. The lowest BCUT2D eigenvalue weighted by molar-refractivity contribution is 0.550.